The second-order valence-electron chi connectivity index (χ2n) is 6.36. The first-order valence-electron chi connectivity index (χ1n) is 8.75. The van der Waals surface area contributed by atoms with Crippen LogP contribution in [0.2, 0.25) is 0 Å². The fraction of sp³-hybridized carbons (Fsp3) is 0.500. The van der Waals surface area contributed by atoms with E-state index in [-0.39, 0.29) is 6.03 Å². The summed E-state index contributed by atoms with van der Waals surface area (Å²) in [5, 5.41) is 10.7. The molecule has 1 saturated heterocycles. The maximum absolute atomic E-state index is 12.4. The van der Waals surface area contributed by atoms with Crippen LogP contribution in [0.4, 0.5) is 10.5 Å². The number of piperidine rings is 1. The van der Waals surface area contributed by atoms with Gasteiger partial charge >= 0.3 is 6.03 Å². The molecule has 6 heteroatoms. The van der Waals surface area contributed by atoms with Crippen molar-refractivity contribution in [1.82, 2.24) is 19.7 Å². The van der Waals surface area contributed by atoms with Gasteiger partial charge in [-0.15, -0.1) is 10.2 Å². The lowest BCUT2D eigenvalue weighted by Crippen LogP contribution is -2.41. The highest BCUT2D eigenvalue weighted by Gasteiger charge is 2.23. The zero-order chi connectivity index (χ0) is 16.8. The number of hydrogen-bond donors (Lipinski definition) is 1. The van der Waals surface area contributed by atoms with Gasteiger partial charge in [0, 0.05) is 24.8 Å². The summed E-state index contributed by atoms with van der Waals surface area (Å²) < 4.78 is 2.03. The van der Waals surface area contributed by atoms with Crippen molar-refractivity contribution < 1.29 is 4.79 Å². The third-order valence-corrected chi connectivity index (χ3v) is 4.63. The summed E-state index contributed by atoms with van der Waals surface area (Å²) in [6, 6.07) is 8.56. The molecular formula is C18H25N5O. The van der Waals surface area contributed by atoms with Crippen molar-refractivity contribution in [3.8, 4) is 0 Å². The van der Waals surface area contributed by atoms with E-state index in [2.05, 4.69) is 34.6 Å². The first-order chi connectivity index (χ1) is 11.8. The minimum Gasteiger partial charge on any atom is -0.324 e. The van der Waals surface area contributed by atoms with Gasteiger partial charge in [-0.2, -0.15) is 0 Å². The molecule has 0 spiro atoms. The van der Waals surface area contributed by atoms with Crippen LogP contribution < -0.4 is 5.32 Å². The first kappa shape index (κ1) is 16.5. The van der Waals surface area contributed by atoms with E-state index < -0.39 is 0 Å². The van der Waals surface area contributed by atoms with E-state index in [0.717, 1.165) is 38.0 Å². The summed E-state index contributed by atoms with van der Waals surface area (Å²) in [4.78, 5) is 14.3. The molecule has 1 fully saturated rings. The largest absolute Gasteiger partial charge is 0.324 e. The van der Waals surface area contributed by atoms with E-state index >= 15 is 0 Å². The van der Waals surface area contributed by atoms with E-state index in [0.29, 0.717) is 6.04 Å². The molecule has 128 valence electrons. The maximum atomic E-state index is 12.4. The third kappa shape index (κ3) is 4.13. The number of nitrogens with one attached hydrogen (secondary N) is 1. The molecule has 6 nitrogen and oxygen atoms in total. The molecule has 1 aromatic heterocycles. The van der Waals surface area contributed by atoms with E-state index in [1.165, 1.54) is 18.4 Å². The van der Waals surface area contributed by atoms with Crippen LogP contribution in [0.15, 0.2) is 36.9 Å². The van der Waals surface area contributed by atoms with Gasteiger partial charge in [0.05, 0.1) is 0 Å². The minimum atomic E-state index is -0.0153. The number of amides is 2. The van der Waals surface area contributed by atoms with E-state index in [1.807, 2.05) is 21.6 Å². The molecule has 0 aliphatic carbocycles. The van der Waals surface area contributed by atoms with Crippen LogP contribution >= 0.6 is 0 Å². The van der Waals surface area contributed by atoms with Crippen molar-refractivity contribution in [2.45, 2.75) is 45.1 Å². The average molecular weight is 327 g/mol. The van der Waals surface area contributed by atoms with Crippen molar-refractivity contribution in [3.63, 3.8) is 0 Å². The Balaban J connectivity index is 1.49. The molecule has 1 N–H and O–H groups in total. The number of carbonyl (C=O) groups excluding carboxylic acids is 1. The molecule has 0 atom stereocenters. The summed E-state index contributed by atoms with van der Waals surface area (Å²) in [6.45, 7) is 3.70. The SMILES string of the molecule is CCCCc1ccc(NC(=O)N2CCC(n3cnnc3)CC2)cc1. The number of carbonyl (C=O) groups is 1. The fourth-order valence-electron chi connectivity index (χ4n) is 3.10. The third-order valence-electron chi connectivity index (χ3n) is 4.63. The average Bonchev–Trinajstić information content (AvgIpc) is 3.16. The predicted octanol–water partition coefficient (Wildman–Crippen LogP) is 3.49. The molecular weight excluding hydrogens is 302 g/mol. The zero-order valence-electron chi connectivity index (χ0n) is 14.2. The van der Waals surface area contributed by atoms with Gasteiger partial charge in [-0.1, -0.05) is 25.5 Å². The number of aromatic nitrogens is 3. The number of nitrogens with zero attached hydrogens (tertiary/aromatic N) is 4. The number of unbranched alkanes of at least 4 members (excludes halogenated alkanes) is 1. The van der Waals surface area contributed by atoms with Gasteiger partial charge in [0.15, 0.2) is 0 Å². The van der Waals surface area contributed by atoms with Crippen LogP contribution in [0.3, 0.4) is 0 Å². The zero-order valence-corrected chi connectivity index (χ0v) is 14.2. The highest BCUT2D eigenvalue weighted by atomic mass is 16.2. The molecule has 0 bridgehead atoms. The number of urea groups is 1. The highest BCUT2D eigenvalue weighted by molar-refractivity contribution is 5.89. The molecule has 1 aromatic carbocycles. The summed E-state index contributed by atoms with van der Waals surface area (Å²) in [5.74, 6) is 0. The Bertz CT molecular complexity index is 630. The lowest BCUT2D eigenvalue weighted by atomic mass is 10.1. The van der Waals surface area contributed by atoms with Crippen LogP contribution in [0.25, 0.3) is 0 Å². The molecule has 24 heavy (non-hydrogen) atoms. The van der Waals surface area contributed by atoms with Crippen molar-refractivity contribution in [2.24, 2.45) is 0 Å². The number of hydrogen-bond acceptors (Lipinski definition) is 3. The van der Waals surface area contributed by atoms with Crippen molar-refractivity contribution >= 4 is 11.7 Å². The smallest absolute Gasteiger partial charge is 0.321 e. The number of anilines is 1. The molecule has 0 saturated carbocycles. The number of rotatable bonds is 5. The molecule has 2 aromatic rings. The Morgan fingerprint density at radius 1 is 1.17 bits per heavy atom. The number of likely N-dealkylation sites (tertiary alicyclic amines) is 1. The standard InChI is InChI=1S/C18H25N5O/c1-2-3-4-15-5-7-16(8-6-15)21-18(24)22-11-9-17(10-12-22)23-13-19-20-14-23/h5-8,13-14,17H,2-4,9-12H2,1H3,(H,21,24). The van der Waals surface area contributed by atoms with Crippen LogP contribution in [-0.4, -0.2) is 38.8 Å². The van der Waals surface area contributed by atoms with Crippen molar-refractivity contribution in [3.05, 3.63) is 42.5 Å². The normalized spacial score (nSPS) is 15.5. The topological polar surface area (TPSA) is 63.1 Å². The molecule has 0 radical (unpaired) electrons. The fourth-order valence-corrected chi connectivity index (χ4v) is 3.10. The van der Waals surface area contributed by atoms with Crippen LogP contribution in [0.1, 0.15) is 44.2 Å². The van der Waals surface area contributed by atoms with Gasteiger partial charge in [-0.3, -0.25) is 0 Å². The summed E-state index contributed by atoms with van der Waals surface area (Å²) in [7, 11) is 0. The summed E-state index contributed by atoms with van der Waals surface area (Å²) in [6.07, 6.45) is 8.86. The Kier molecular flexibility index (Phi) is 5.46. The Morgan fingerprint density at radius 2 is 1.83 bits per heavy atom. The Morgan fingerprint density at radius 3 is 2.46 bits per heavy atom. The highest BCUT2D eigenvalue weighted by Crippen LogP contribution is 2.22. The maximum Gasteiger partial charge on any atom is 0.321 e. The quantitative estimate of drug-likeness (QED) is 0.914. The number of aryl methyl sites for hydroxylation is 1. The van der Waals surface area contributed by atoms with E-state index in [9.17, 15) is 4.79 Å². The lowest BCUT2D eigenvalue weighted by Gasteiger charge is -2.32. The van der Waals surface area contributed by atoms with Crippen LogP contribution in [-0.2, 0) is 6.42 Å². The van der Waals surface area contributed by atoms with Gasteiger partial charge in [0.2, 0.25) is 0 Å². The van der Waals surface area contributed by atoms with Crippen molar-refractivity contribution in [1.29, 1.82) is 0 Å². The van der Waals surface area contributed by atoms with Crippen LogP contribution in [0, 0.1) is 0 Å². The predicted molar refractivity (Wildman–Crippen MR) is 93.9 cm³/mol. The van der Waals surface area contributed by atoms with Gasteiger partial charge in [0.25, 0.3) is 0 Å². The Labute approximate surface area is 142 Å². The lowest BCUT2D eigenvalue weighted by molar-refractivity contribution is 0.183. The summed E-state index contributed by atoms with van der Waals surface area (Å²) in [5.41, 5.74) is 2.19. The molecule has 1 aliphatic heterocycles. The van der Waals surface area contributed by atoms with Gasteiger partial charge < -0.3 is 14.8 Å². The molecule has 2 heterocycles. The van der Waals surface area contributed by atoms with Gasteiger partial charge in [0.1, 0.15) is 12.7 Å². The van der Waals surface area contributed by atoms with Gasteiger partial charge in [-0.05, 0) is 43.4 Å². The summed E-state index contributed by atoms with van der Waals surface area (Å²) >= 11 is 0. The van der Waals surface area contributed by atoms with E-state index in [4.69, 9.17) is 0 Å². The molecule has 1 aliphatic rings. The van der Waals surface area contributed by atoms with Crippen LogP contribution in [0.5, 0.6) is 0 Å². The molecule has 2 amide bonds. The first-order valence-corrected chi connectivity index (χ1v) is 8.75. The monoisotopic (exact) mass is 327 g/mol. The molecule has 3 rings (SSSR count). The Hall–Kier alpha value is -2.37. The minimum absolute atomic E-state index is 0.0153. The van der Waals surface area contributed by atoms with Gasteiger partial charge in [-0.25, -0.2) is 4.79 Å². The molecule has 0 unspecified atom stereocenters. The van der Waals surface area contributed by atoms with Crippen molar-refractivity contribution in [2.75, 3.05) is 18.4 Å². The second-order valence-corrected chi connectivity index (χ2v) is 6.36. The second kappa shape index (κ2) is 7.95. The number of benzene rings is 1. The van der Waals surface area contributed by atoms with E-state index in [1.54, 1.807) is 12.7 Å².